The number of carbonyl (C=O) groups excluding carboxylic acids is 2. The van der Waals surface area contributed by atoms with Crippen LogP contribution < -0.4 is 0 Å². The lowest BCUT2D eigenvalue weighted by atomic mass is 9.85. The van der Waals surface area contributed by atoms with Crippen LogP contribution in [0.25, 0.3) is 0 Å². The summed E-state index contributed by atoms with van der Waals surface area (Å²) >= 11 is 0. The largest absolute Gasteiger partial charge is 0.467 e. The average molecular weight is 444 g/mol. The van der Waals surface area contributed by atoms with Crippen molar-refractivity contribution in [2.75, 3.05) is 20.7 Å². The lowest BCUT2D eigenvalue weighted by Gasteiger charge is -2.42. The Morgan fingerprint density at radius 2 is 1.66 bits per heavy atom. The molecule has 168 valence electrons. The van der Waals surface area contributed by atoms with Gasteiger partial charge in [0.15, 0.2) is 5.78 Å². The highest BCUT2D eigenvalue weighted by Crippen LogP contribution is 2.41. The smallest absolute Gasteiger partial charge is 0.421 e. The molecule has 5 nitrogen and oxygen atoms in total. The summed E-state index contributed by atoms with van der Waals surface area (Å²) < 4.78 is 47.1. The minimum Gasteiger partial charge on any atom is -0.467 e. The van der Waals surface area contributed by atoms with E-state index in [9.17, 15) is 22.8 Å². The first-order valence-corrected chi connectivity index (χ1v) is 9.98. The summed E-state index contributed by atoms with van der Waals surface area (Å²) in [4.78, 5) is 30.3. The molecule has 0 amide bonds. The fraction of sp³-hybridized carbons (Fsp3) is 0.292. The molecule has 3 rings (SSSR count). The molecule has 0 bridgehead atoms. The van der Waals surface area contributed by atoms with Gasteiger partial charge in [0.2, 0.25) is 5.54 Å². The van der Waals surface area contributed by atoms with Crippen molar-refractivity contribution in [3.05, 3.63) is 77.9 Å². The van der Waals surface area contributed by atoms with Crippen LogP contribution in [0.4, 0.5) is 18.9 Å². The minimum absolute atomic E-state index is 0.00204. The van der Waals surface area contributed by atoms with Gasteiger partial charge in [-0.2, -0.15) is 13.2 Å². The number of ether oxygens (including phenoxy) is 1. The van der Waals surface area contributed by atoms with Crippen LogP contribution in [0.1, 0.15) is 23.2 Å². The lowest BCUT2D eigenvalue weighted by Crippen LogP contribution is -2.65. The molecule has 0 radical (unpaired) electrons. The van der Waals surface area contributed by atoms with E-state index in [1.54, 1.807) is 60.7 Å². The van der Waals surface area contributed by atoms with E-state index in [0.29, 0.717) is 17.0 Å². The molecule has 1 aliphatic heterocycles. The molecule has 0 saturated carbocycles. The van der Waals surface area contributed by atoms with Gasteiger partial charge >= 0.3 is 12.1 Å². The SMILES string of the molecule is COC(=O)C1(C(F)(F)F)C=C(CCC(=O)c2ccccc2)C(=Nc2ccccc2)CN1C. The molecule has 0 aromatic heterocycles. The van der Waals surface area contributed by atoms with Crippen molar-refractivity contribution in [1.82, 2.24) is 4.90 Å². The van der Waals surface area contributed by atoms with Gasteiger partial charge in [-0.05, 0) is 37.3 Å². The zero-order chi connectivity index (χ0) is 23.4. The number of aliphatic imine (C=N–C) groups is 1. The molecule has 1 heterocycles. The molecule has 32 heavy (non-hydrogen) atoms. The first kappa shape index (κ1) is 23.4. The van der Waals surface area contributed by atoms with E-state index in [1.807, 2.05) is 0 Å². The third-order valence-corrected chi connectivity index (χ3v) is 5.41. The molecular formula is C24H23F3N2O3. The van der Waals surface area contributed by atoms with Crippen LogP contribution in [0.15, 0.2) is 77.3 Å². The van der Waals surface area contributed by atoms with Crippen molar-refractivity contribution in [3.63, 3.8) is 0 Å². The number of esters is 1. The van der Waals surface area contributed by atoms with Gasteiger partial charge in [-0.25, -0.2) is 4.79 Å². The highest BCUT2D eigenvalue weighted by Gasteiger charge is 2.64. The average Bonchev–Trinajstić information content (AvgIpc) is 2.78. The summed E-state index contributed by atoms with van der Waals surface area (Å²) in [5.74, 6) is -1.64. The molecule has 1 unspecified atom stereocenters. The maximum absolute atomic E-state index is 14.2. The number of likely N-dealkylation sites (N-methyl/N-ethyl adjacent to an activating group) is 1. The highest BCUT2D eigenvalue weighted by atomic mass is 19.4. The van der Waals surface area contributed by atoms with Gasteiger partial charge in [-0.3, -0.25) is 14.7 Å². The quantitative estimate of drug-likeness (QED) is 0.476. The summed E-state index contributed by atoms with van der Waals surface area (Å²) in [7, 11) is 2.12. The topological polar surface area (TPSA) is 59.0 Å². The van der Waals surface area contributed by atoms with Gasteiger partial charge in [0.25, 0.3) is 0 Å². The van der Waals surface area contributed by atoms with Gasteiger partial charge < -0.3 is 4.74 Å². The van der Waals surface area contributed by atoms with Crippen LogP contribution in [0.3, 0.4) is 0 Å². The first-order chi connectivity index (χ1) is 15.2. The molecule has 0 aliphatic carbocycles. The van der Waals surface area contributed by atoms with Crippen LogP contribution >= 0.6 is 0 Å². The number of nitrogens with zero attached hydrogens (tertiary/aromatic N) is 2. The predicted octanol–water partition coefficient (Wildman–Crippen LogP) is 4.77. The number of carbonyl (C=O) groups is 2. The molecular weight excluding hydrogens is 421 g/mol. The van der Waals surface area contributed by atoms with Gasteiger partial charge in [0.05, 0.1) is 18.5 Å². The van der Waals surface area contributed by atoms with Crippen LogP contribution in [-0.2, 0) is 9.53 Å². The fourth-order valence-electron chi connectivity index (χ4n) is 3.68. The van der Waals surface area contributed by atoms with Crippen molar-refractivity contribution in [1.29, 1.82) is 0 Å². The van der Waals surface area contributed by atoms with Crippen molar-refractivity contribution in [3.8, 4) is 0 Å². The van der Waals surface area contributed by atoms with E-state index in [2.05, 4.69) is 9.73 Å². The number of benzene rings is 2. The Morgan fingerprint density at radius 1 is 1.06 bits per heavy atom. The van der Waals surface area contributed by atoms with E-state index in [4.69, 9.17) is 0 Å². The molecule has 0 spiro atoms. The number of methoxy groups -OCH3 is 1. The van der Waals surface area contributed by atoms with Gasteiger partial charge in [0.1, 0.15) is 0 Å². The molecule has 8 heteroatoms. The molecule has 2 aromatic carbocycles. The predicted molar refractivity (Wildman–Crippen MR) is 115 cm³/mol. The van der Waals surface area contributed by atoms with Gasteiger partial charge in [-0.1, -0.05) is 48.5 Å². The van der Waals surface area contributed by atoms with Crippen molar-refractivity contribution >= 4 is 23.2 Å². The summed E-state index contributed by atoms with van der Waals surface area (Å²) in [6, 6.07) is 17.3. The van der Waals surface area contributed by atoms with Gasteiger partial charge in [0, 0.05) is 18.5 Å². The number of Topliss-reactive ketones (excluding diaryl/α,β-unsaturated/α-hetero) is 1. The number of hydrogen-bond donors (Lipinski definition) is 0. The summed E-state index contributed by atoms with van der Waals surface area (Å²) in [6.45, 7) is -0.241. The Hall–Kier alpha value is -3.26. The highest BCUT2D eigenvalue weighted by molar-refractivity contribution is 6.07. The second-order valence-corrected chi connectivity index (χ2v) is 7.46. The maximum Gasteiger partial charge on any atom is 0.421 e. The molecule has 1 aliphatic rings. The Balaban J connectivity index is 2.04. The molecule has 1 atom stereocenters. The van der Waals surface area contributed by atoms with Gasteiger partial charge in [-0.15, -0.1) is 0 Å². The monoisotopic (exact) mass is 444 g/mol. The summed E-state index contributed by atoms with van der Waals surface area (Å²) in [6.07, 6.45) is -4.10. The van der Waals surface area contributed by atoms with Crippen LogP contribution in [0, 0.1) is 0 Å². The maximum atomic E-state index is 14.2. The Labute approximate surface area is 184 Å². The number of halogens is 3. The minimum atomic E-state index is -4.93. The Kier molecular flexibility index (Phi) is 6.93. The van der Waals surface area contributed by atoms with Crippen molar-refractivity contribution < 1.29 is 27.5 Å². The summed E-state index contributed by atoms with van der Waals surface area (Å²) in [5.41, 5.74) is -1.36. The van der Waals surface area contributed by atoms with E-state index in [0.717, 1.165) is 18.1 Å². The number of alkyl halides is 3. The molecule has 2 aromatic rings. The standard InChI is InChI=1S/C24H23F3N2O3/c1-29-16-20(28-19-11-7-4-8-12-19)18(13-14-21(30)17-9-5-3-6-10-17)15-23(29,22(31)32-2)24(25,26)27/h3-12,15H,13-14,16H2,1-2H3. The normalized spacial score (nSPS) is 20.7. The first-order valence-electron chi connectivity index (χ1n) is 9.98. The van der Waals surface area contributed by atoms with E-state index >= 15 is 0 Å². The second-order valence-electron chi connectivity index (χ2n) is 7.46. The lowest BCUT2D eigenvalue weighted by molar-refractivity contribution is -0.221. The Morgan fingerprint density at radius 3 is 2.22 bits per heavy atom. The van der Waals surface area contributed by atoms with Crippen LogP contribution in [0.2, 0.25) is 0 Å². The van der Waals surface area contributed by atoms with E-state index in [-0.39, 0.29) is 30.7 Å². The summed E-state index contributed by atoms with van der Waals surface area (Å²) in [5, 5.41) is 0. The number of ketones is 1. The molecule has 0 fully saturated rings. The van der Waals surface area contributed by atoms with Crippen molar-refractivity contribution in [2.45, 2.75) is 24.6 Å². The van der Waals surface area contributed by atoms with E-state index in [1.165, 1.54) is 7.05 Å². The third kappa shape index (κ3) is 4.65. The van der Waals surface area contributed by atoms with Crippen molar-refractivity contribution in [2.24, 2.45) is 4.99 Å². The number of para-hydroxylation sites is 1. The second kappa shape index (κ2) is 9.48. The fourth-order valence-corrected chi connectivity index (χ4v) is 3.68. The zero-order valence-corrected chi connectivity index (χ0v) is 17.7. The molecule has 0 N–H and O–H groups in total. The van der Waals surface area contributed by atoms with E-state index < -0.39 is 17.7 Å². The number of hydrogen-bond acceptors (Lipinski definition) is 5. The third-order valence-electron chi connectivity index (χ3n) is 5.41. The van der Waals surface area contributed by atoms with Crippen LogP contribution in [0.5, 0.6) is 0 Å². The molecule has 0 saturated heterocycles. The number of rotatable bonds is 6. The van der Waals surface area contributed by atoms with Crippen LogP contribution in [-0.4, -0.2) is 54.8 Å². The zero-order valence-electron chi connectivity index (χ0n) is 17.7. The Bertz CT molecular complexity index is 1030.